The number of rotatable bonds is 2. The highest BCUT2D eigenvalue weighted by molar-refractivity contribution is 9.10. The summed E-state index contributed by atoms with van der Waals surface area (Å²) in [7, 11) is 0. The lowest BCUT2D eigenvalue weighted by atomic mass is 10.1. The van der Waals surface area contributed by atoms with E-state index >= 15 is 0 Å². The van der Waals surface area contributed by atoms with Crippen molar-refractivity contribution >= 4 is 33.3 Å². The Balaban J connectivity index is 2.02. The number of carbonyl (C=O) groups is 2. The van der Waals surface area contributed by atoms with Crippen LogP contribution in [0.1, 0.15) is 21.7 Å². The van der Waals surface area contributed by atoms with E-state index in [1.165, 1.54) is 4.90 Å². The Labute approximate surface area is 124 Å². The summed E-state index contributed by atoms with van der Waals surface area (Å²) in [5.74, 6) is -0.977. The number of hydrogen-bond donors (Lipinski definition) is 0. The van der Waals surface area contributed by atoms with Crippen molar-refractivity contribution in [2.45, 2.75) is 13.5 Å². The van der Waals surface area contributed by atoms with Crippen molar-refractivity contribution < 1.29 is 9.59 Å². The Morgan fingerprint density at radius 2 is 1.90 bits per heavy atom. The van der Waals surface area contributed by atoms with Gasteiger partial charge in [0.1, 0.15) is 0 Å². The van der Waals surface area contributed by atoms with Crippen molar-refractivity contribution in [2.24, 2.45) is 0 Å². The lowest BCUT2D eigenvalue weighted by Crippen LogP contribution is -2.29. The molecule has 0 spiro atoms. The molecule has 100 valence electrons. The van der Waals surface area contributed by atoms with Crippen LogP contribution in [0.3, 0.4) is 0 Å². The number of ketones is 1. The summed E-state index contributed by atoms with van der Waals surface area (Å²) in [5, 5.41) is 0. The number of pyridine rings is 1. The van der Waals surface area contributed by atoms with Crippen LogP contribution in [0.5, 0.6) is 0 Å². The maximum Gasteiger partial charge on any atom is 0.299 e. The molecule has 0 atom stereocenters. The monoisotopic (exact) mass is 330 g/mol. The molecule has 1 aromatic carbocycles. The third-order valence-corrected chi connectivity index (χ3v) is 3.88. The van der Waals surface area contributed by atoms with Gasteiger partial charge in [0.05, 0.1) is 23.5 Å². The van der Waals surface area contributed by atoms with Gasteiger partial charge >= 0.3 is 0 Å². The van der Waals surface area contributed by atoms with Gasteiger partial charge in [0.2, 0.25) is 0 Å². The zero-order valence-corrected chi connectivity index (χ0v) is 12.3. The first kappa shape index (κ1) is 13.0. The second kappa shape index (κ2) is 4.83. The topological polar surface area (TPSA) is 50.3 Å². The minimum absolute atomic E-state index is 0.301. The highest BCUT2D eigenvalue weighted by atomic mass is 79.9. The maximum atomic E-state index is 12.1. The number of amides is 1. The zero-order valence-electron chi connectivity index (χ0n) is 10.8. The summed E-state index contributed by atoms with van der Waals surface area (Å²) in [6.45, 7) is 2.20. The largest absolute Gasteiger partial charge is 0.299 e. The number of carbonyl (C=O) groups excluding carboxylic acids is 2. The molecular formula is C15H11BrN2O2. The van der Waals surface area contributed by atoms with Crippen molar-refractivity contribution in [1.29, 1.82) is 0 Å². The average molecular weight is 331 g/mol. The van der Waals surface area contributed by atoms with Crippen molar-refractivity contribution in [3.05, 3.63) is 57.8 Å². The molecule has 0 saturated heterocycles. The minimum Gasteiger partial charge on any atom is -0.299 e. The van der Waals surface area contributed by atoms with Crippen molar-refractivity contribution in [3.8, 4) is 0 Å². The summed E-state index contributed by atoms with van der Waals surface area (Å²) >= 11 is 3.32. The number of anilines is 1. The Morgan fingerprint density at radius 1 is 1.15 bits per heavy atom. The van der Waals surface area contributed by atoms with Crippen LogP contribution in [-0.4, -0.2) is 16.7 Å². The molecule has 0 radical (unpaired) electrons. The van der Waals surface area contributed by atoms with Crippen LogP contribution in [-0.2, 0) is 11.3 Å². The SMILES string of the molecule is Cc1cccc(CN2C(=O)C(=O)c3c(Br)cccc32)n1. The van der Waals surface area contributed by atoms with Crippen LogP contribution in [0.25, 0.3) is 0 Å². The molecule has 0 bridgehead atoms. The lowest BCUT2D eigenvalue weighted by Gasteiger charge is -2.16. The van der Waals surface area contributed by atoms with Crippen molar-refractivity contribution in [2.75, 3.05) is 4.90 Å². The van der Waals surface area contributed by atoms with Crippen molar-refractivity contribution in [3.63, 3.8) is 0 Å². The average Bonchev–Trinajstić information content (AvgIpc) is 2.65. The van der Waals surface area contributed by atoms with E-state index in [1.54, 1.807) is 12.1 Å². The lowest BCUT2D eigenvalue weighted by molar-refractivity contribution is -0.114. The molecule has 2 heterocycles. The molecule has 0 N–H and O–H groups in total. The fourth-order valence-electron chi connectivity index (χ4n) is 2.31. The number of aryl methyl sites for hydroxylation is 1. The highest BCUT2D eigenvalue weighted by Crippen LogP contribution is 2.34. The summed E-state index contributed by atoms with van der Waals surface area (Å²) in [5.41, 5.74) is 2.72. The van der Waals surface area contributed by atoms with Gasteiger partial charge in [-0.2, -0.15) is 0 Å². The van der Waals surface area contributed by atoms with E-state index < -0.39 is 11.7 Å². The van der Waals surface area contributed by atoms with E-state index in [-0.39, 0.29) is 0 Å². The number of Topliss-reactive ketones (excluding diaryl/α,β-unsaturated/α-hetero) is 1. The molecule has 5 heteroatoms. The quantitative estimate of drug-likeness (QED) is 0.795. The number of nitrogens with zero attached hydrogens (tertiary/aromatic N) is 2. The summed E-state index contributed by atoms with van der Waals surface area (Å²) in [6, 6.07) is 11.0. The van der Waals surface area contributed by atoms with E-state index in [1.807, 2.05) is 31.2 Å². The van der Waals surface area contributed by atoms with E-state index in [9.17, 15) is 9.59 Å². The molecule has 0 unspecified atom stereocenters. The molecule has 4 nitrogen and oxygen atoms in total. The van der Waals surface area contributed by atoms with E-state index in [4.69, 9.17) is 0 Å². The molecule has 2 aromatic rings. The Kier molecular flexibility index (Phi) is 3.14. The fraction of sp³-hybridized carbons (Fsp3) is 0.133. The van der Waals surface area contributed by atoms with Crippen LogP contribution in [0.15, 0.2) is 40.9 Å². The van der Waals surface area contributed by atoms with Gasteiger partial charge in [-0.3, -0.25) is 19.5 Å². The number of fused-ring (bicyclic) bond motifs is 1. The molecule has 1 amide bonds. The maximum absolute atomic E-state index is 12.1. The molecular weight excluding hydrogens is 320 g/mol. The summed E-state index contributed by atoms with van der Waals surface area (Å²) in [4.78, 5) is 30.0. The standard InChI is InChI=1S/C15H11BrN2O2/c1-9-4-2-5-10(17-9)8-18-12-7-3-6-11(16)13(12)14(19)15(18)20/h2-7H,8H2,1H3. The first-order chi connectivity index (χ1) is 9.58. The first-order valence-electron chi connectivity index (χ1n) is 6.15. The van der Waals surface area contributed by atoms with Gasteiger partial charge in [0, 0.05) is 10.2 Å². The van der Waals surface area contributed by atoms with Crippen LogP contribution in [0.2, 0.25) is 0 Å². The fourth-order valence-corrected chi connectivity index (χ4v) is 2.84. The molecule has 3 rings (SSSR count). The van der Waals surface area contributed by atoms with E-state index in [0.717, 1.165) is 11.4 Å². The smallest absolute Gasteiger partial charge is 0.299 e. The summed E-state index contributed by atoms with van der Waals surface area (Å²) in [6.07, 6.45) is 0. The molecule has 0 fully saturated rings. The van der Waals surface area contributed by atoms with Gasteiger partial charge < -0.3 is 0 Å². The minimum atomic E-state index is -0.504. The number of hydrogen-bond acceptors (Lipinski definition) is 3. The Bertz CT molecular complexity index is 728. The molecule has 0 saturated carbocycles. The van der Waals surface area contributed by atoms with Crippen LogP contribution >= 0.6 is 15.9 Å². The van der Waals surface area contributed by atoms with Gasteiger partial charge in [0.15, 0.2) is 0 Å². The third-order valence-electron chi connectivity index (χ3n) is 3.21. The number of aromatic nitrogens is 1. The highest BCUT2D eigenvalue weighted by Gasteiger charge is 2.37. The Morgan fingerprint density at radius 3 is 2.65 bits per heavy atom. The van der Waals surface area contributed by atoms with Gasteiger partial charge in [-0.15, -0.1) is 0 Å². The summed E-state index contributed by atoms with van der Waals surface area (Å²) < 4.78 is 0.646. The second-order valence-corrected chi connectivity index (χ2v) is 5.48. The first-order valence-corrected chi connectivity index (χ1v) is 6.94. The molecule has 20 heavy (non-hydrogen) atoms. The number of benzene rings is 1. The van der Waals surface area contributed by atoms with Crippen LogP contribution < -0.4 is 4.90 Å². The second-order valence-electron chi connectivity index (χ2n) is 4.62. The molecule has 1 aliphatic rings. The molecule has 0 aliphatic carbocycles. The van der Waals surface area contributed by atoms with E-state index in [2.05, 4.69) is 20.9 Å². The zero-order chi connectivity index (χ0) is 14.3. The molecule has 1 aliphatic heterocycles. The van der Waals surface area contributed by atoms with Crippen molar-refractivity contribution in [1.82, 2.24) is 4.98 Å². The van der Waals surface area contributed by atoms with Gasteiger partial charge in [0.25, 0.3) is 11.7 Å². The van der Waals surface area contributed by atoms with E-state index in [0.29, 0.717) is 22.3 Å². The van der Waals surface area contributed by atoms with Gasteiger partial charge in [-0.1, -0.05) is 12.1 Å². The van der Waals surface area contributed by atoms with Crippen LogP contribution in [0.4, 0.5) is 5.69 Å². The van der Waals surface area contributed by atoms with Gasteiger partial charge in [-0.05, 0) is 47.1 Å². The molecule has 1 aromatic heterocycles. The third kappa shape index (κ3) is 2.04. The normalized spacial score (nSPS) is 13.8. The predicted molar refractivity (Wildman–Crippen MR) is 78.6 cm³/mol. The van der Waals surface area contributed by atoms with Gasteiger partial charge in [-0.25, -0.2) is 0 Å². The van der Waals surface area contributed by atoms with Crippen LogP contribution in [0, 0.1) is 6.92 Å². The Hall–Kier alpha value is -2.01. The predicted octanol–water partition coefficient (Wildman–Crippen LogP) is 2.88. The number of halogens is 1.